The van der Waals surface area contributed by atoms with Crippen LogP contribution in [-0.4, -0.2) is 67.2 Å². The van der Waals surface area contributed by atoms with Gasteiger partial charge in [-0.25, -0.2) is 14.8 Å². The van der Waals surface area contributed by atoms with Crippen molar-refractivity contribution in [2.24, 2.45) is 0 Å². The number of carbonyl (C=O) groups is 1. The number of fused-ring (bicyclic) bond motifs is 1. The molecule has 2 aromatic heterocycles. The molecule has 1 atom stereocenters. The lowest BCUT2D eigenvalue weighted by atomic mass is 9.93. The van der Waals surface area contributed by atoms with Gasteiger partial charge >= 0.3 is 6.09 Å². The molecule has 0 radical (unpaired) electrons. The van der Waals surface area contributed by atoms with Crippen LogP contribution < -0.4 is 0 Å². The van der Waals surface area contributed by atoms with E-state index in [4.69, 9.17) is 23.2 Å². The number of pyridine rings is 1. The highest BCUT2D eigenvalue weighted by molar-refractivity contribution is 6.30. The number of amides is 1. The molecule has 140 valence electrons. The molecule has 1 saturated heterocycles. The summed E-state index contributed by atoms with van der Waals surface area (Å²) in [6, 6.07) is 3.51. The first-order chi connectivity index (χ1) is 12.2. The Bertz CT molecular complexity index is 840. The van der Waals surface area contributed by atoms with Gasteiger partial charge in [0.2, 0.25) is 5.28 Å². The number of nitrogens with zero attached hydrogens (tertiary/aromatic N) is 5. The van der Waals surface area contributed by atoms with Gasteiger partial charge in [0, 0.05) is 43.0 Å². The minimum Gasteiger partial charge on any atom is -0.465 e. The van der Waals surface area contributed by atoms with Gasteiger partial charge in [-0.3, -0.25) is 4.90 Å². The van der Waals surface area contributed by atoms with Crippen LogP contribution >= 0.6 is 23.2 Å². The van der Waals surface area contributed by atoms with E-state index in [2.05, 4.69) is 33.7 Å². The summed E-state index contributed by atoms with van der Waals surface area (Å²) >= 11 is 12.0. The molecular weight excluding hydrogens is 377 g/mol. The third-order valence-corrected chi connectivity index (χ3v) is 5.29. The van der Waals surface area contributed by atoms with Crippen molar-refractivity contribution in [2.75, 3.05) is 19.6 Å². The first-order valence-corrected chi connectivity index (χ1v) is 9.16. The van der Waals surface area contributed by atoms with E-state index in [9.17, 15) is 9.90 Å². The number of piperazine rings is 1. The lowest BCUT2D eigenvalue weighted by Gasteiger charge is -2.46. The van der Waals surface area contributed by atoms with Crippen LogP contribution in [0.4, 0.5) is 4.79 Å². The van der Waals surface area contributed by atoms with Crippen LogP contribution in [0, 0.1) is 0 Å². The Morgan fingerprint density at radius 2 is 2.00 bits per heavy atom. The fourth-order valence-electron chi connectivity index (χ4n) is 3.47. The molecule has 1 amide bonds. The van der Waals surface area contributed by atoms with Crippen molar-refractivity contribution in [1.29, 1.82) is 0 Å². The molecule has 2 aromatic rings. The van der Waals surface area contributed by atoms with Crippen LogP contribution in [0.15, 0.2) is 12.1 Å². The largest absolute Gasteiger partial charge is 0.465 e. The first-order valence-electron chi connectivity index (χ1n) is 8.40. The minimum atomic E-state index is -0.869. The molecule has 3 heterocycles. The molecule has 1 fully saturated rings. The number of carboxylic acid groups (broad SMARTS) is 1. The lowest BCUT2D eigenvalue weighted by Crippen LogP contribution is -2.59. The molecule has 3 rings (SSSR count). The summed E-state index contributed by atoms with van der Waals surface area (Å²) < 4.78 is 0. The molecule has 9 heteroatoms. The zero-order valence-electron chi connectivity index (χ0n) is 14.9. The summed E-state index contributed by atoms with van der Waals surface area (Å²) in [5.74, 6) is 0. The van der Waals surface area contributed by atoms with E-state index in [1.54, 1.807) is 6.07 Å². The standard InChI is InChI=1S/C17H21Cl2N5O2/c1-10-9-23(6-7-24(10)16(25)26)17(2,3)8-12-11-4-5-13(18)21-14(11)22-15(19)20-12/h4-5,10H,6-9H2,1-3H3,(H,25,26)/t10-/m1/s1. The number of rotatable bonds is 3. The van der Waals surface area contributed by atoms with E-state index in [0.717, 1.165) is 11.1 Å². The summed E-state index contributed by atoms with van der Waals surface area (Å²) in [6.07, 6.45) is -0.235. The highest BCUT2D eigenvalue weighted by Crippen LogP contribution is 2.27. The summed E-state index contributed by atoms with van der Waals surface area (Å²) in [5.41, 5.74) is 1.05. The molecule has 0 aliphatic carbocycles. The highest BCUT2D eigenvalue weighted by Gasteiger charge is 2.35. The zero-order chi connectivity index (χ0) is 19.1. The number of aromatic nitrogens is 3. The summed E-state index contributed by atoms with van der Waals surface area (Å²) in [4.78, 5) is 27.9. The van der Waals surface area contributed by atoms with Crippen molar-refractivity contribution in [3.05, 3.63) is 28.3 Å². The third-order valence-electron chi connectivity index (χ3n) is 4.91. The molecule has 7 nitrogen and oxygen atoms in total. The Hall–Kier alpha value is -1.70. The summed E-state index contributed by atoms with van der Waals surface area (Å²) in [6.45, 7) is 8.01. The van der Waals surface area contributed by atoms with Gasteiger partial charge < -0.3 is 10.0 Å². The maximum atomic E-state index is 11.3. The van der Waals surface area contributed by atoms with Crippen molar-refractivity contribution in [3.8, 4) is 0 Å². The normalized spacial score (nSPS) is 19.1. The molecule has 0 unspecified atom stereocenters. The van der Waals surface area contributed by atoms with Gasteiger partial charge in [0.05, 0.1) is 5.69 Å². The fraction of sp³-hybridized carbons (Fsp3) is 0.529. The Labute approximate surface area is 161 Å². The highest BCUT2D eigenvalue weighted by atomic mass is 35.5. The van der Waals surface area contributed by atoms with Crippen LogP contribution in [0.5, 0.6) is 0 Å². The van der Waals surface area contributed by atoms with Crippen LogP contribution in [0.25, 0.3) is 11.0 Å². The van der Waals surface area contributed by atoms with Gasteiger partial charge in [-0.1, -0.05) is 11.6 Å². The Balaban J connectivity index is 1.86. The molecule has 26 heavy (non-hydrogen) atoms. The van der Waals surface area contributed by atoms with Crippen molar-refractivity contribution in [1.82, 2.24) is 24.8 Å². The average Bonchev–Trinajstić information content (AvgIpc) is 2.53. The molecular formula is C17H21Cl2N5O2. The SMILES string of the molecule is C[C@@H]1CN(C(C)(C)Cc2nc(Cl)nc3nc(Cl)ccc23)CCN1C(=O)O. The van der Waals surface area contributed by atoms with Gasteiger partial charge in [0.15, 0.2) is 5.65 Å². The van der Waals surface area contributed by atoms with Crippen LogP contribution in [0.3, 0.4) is 0 Å². The van der Waals surface area contributed by atoms with Gasteiger partial charge in [0.25, 0.3) is 0 Å². The van der Waals surface area contributed by atoms with Crippen molar-refractivity contribution in [3.63, 3.8) is 0 Å². The second kappa shape index (κ2) is 7.13. The van der Waals surface area contributed by atoms with Gasteiger partial charge in [-0.05, 0) is 44.5 Å². The topological polar surface area (TPSA) is 82.5 Å². The Kier molecular flexibility index (Phi) is 5.23. The van der Waals surface area contributed by atoms with E-state index in [-0.39, 0.29) is 16.9 Å². The summed E-state index contributed by atoms with van der Waals surface area (Å²) in [5, 5.41) is 10.6. The lowest BCUT2D eigenvalue weighted by molar-refractivity contribution is 0.0240. The van der Waals surface area contributed by atoms with Crippen molar-refractivity contribution >= 4 is 40.3 Å². The van der Waals surface area contributed by atoms with Gasteiger partial charge in [-0.15, -0.1) is 0 Å². The third kappa shape index (κ3) is 3.84. The van der Waals surface area contributed by atoms with Crippen LogP contribution in [0.1, 0.15) is 26.5 Å². The second-order valence-corrected chi connectivity index (χ2v) is 7.93. The maximum Gasteiger partial charge on any atom is 0.407 e. The Morgan fingerprint density at radius 3 is 2.65 bits per heavy atom. The maximum absolute atomic E-state index is 11.3. The van der Waals surface area contributed by atoms with E-state index < -0.39 is 6.09 Å². The van der Waals surface area contributed by atoms with E-state index in [0.29, 0.717) is 36.9 Å². The fourth-order valence-corrected chi connectivity index (χ4v) is 3.79. The molecule has 0 spiro atoms. The minimum absolute atomic E-state index is 0.0632. The predicted octanol–water partition coefficient (Wildman–Crippen LogP) is 3.34. The zero-order valence-corrected chi connectivity index (χ0v) is 16.4. The number of hydrogen-bond acceptors (Lipinski definition) is 5. The van der Waals surface area contributed by atoms with Gasteiger partial charge in [-0.2, -0.15) is 4.98 Å². The molecule has 1 aliphatic rings. The number of halogens is 2. The molecule has 0 saturated carbocycles. The second-order valence-electron chi connectivity index (χ2n) is 7.20. The molecule has 0 bridgehead atoms. The average molecular weight is 398 g/mol. The van der Waals surface area contributed by atoms with E-state index in [1.165, 1.54) is 4.90 Å². The van der Waals surface area contributed by atoms with Crippen molar-refractivity contribution in [2.45, 2.75) is 38.8 Å². The quantitative estimate of drug-likeness (QED) is 0.631. The monoisotopic (exact) mass is 397 g/mol. The van der Waals surface area contributed by atoms with Crippen LogP contribution in [0.2, 0.25) is 10.4 Å². The van der Waals surface area contributed by atoms with Crippen LogP contribution in [-0.2, 0) is 6.42 Å². The number of hydrogen-bond donors (Lipinski definition) is 1. The summed E-state index contributed by atoms with van der Waals surface area (Å²) in [7, 11) is 0. The van der Waals surface area contributed by atoms with Crippen molar-refractivity contribution < 1.29 is 9.90 Å². The first kappa shape index (κ1) is 19.1. The van der Waals surface area contributed by atoms with E-state index in [1.807, 2.05) is 13.0 Å². The van der Waals surface area contributed by atoms with Gasteiger partial charge in [0.1, 0.15) is 5.15 Å². The molecule has 1 aliphatic heterocycles. The smallest absolute Gasteiger partial charge is 0.407 e. The molecule has 0 aromatic carbocycles. The molecule has 1 N–H and O–H groups in total. The Morgan fingerprint density at radius 1 is 1.27 bits per heavy atom. The van der Waals surface area contributed by atoms with E-state index >= 15 is 0 Å². The predicted molar refractivity (Wildman–Crippen MR) is 101 cm³/mol.